The lowest BCUT2D eigenvalue weighted by molar-refractivity contribution is 0.323. The van der Waals surface area contributed by atoms with E-state index in [1.807, 2.05) is 53.7 Å². The van der Waals surface area contributed by atoms with E-state index in [0.29, 0.717) is 17.2 Å². The van der Waals surface area contributed by atoms with Crippen LogP contribution in [0.25, 0.3) is 11.3 Å². The SMILES string of the molecule is COc1ccc(-c2csc(N3N=C(C)CC3c3cc(OC)c(OC)c(OC)c3)n2)cc1. The number of hydrazone groups is 1. The maximum Gasteiger partial charge on any atom is 0.207 e. The van der Waals surface area contributed by atoms with Gasteiger partial charge < -0.3 is 18.9 Å². The maximum atomic E-state index is 5.54. The lowest BCUT2D eigenvalue weighted by atomic mass is 10.0. The van der Waals surface area contributed by atoms with Crippen LogP contribution in [0.4, 0.5) is 5.13 Å². The van der Waals surface area contributed by atoms with Crippen molar-refractivity contribution in [3.63, 3.8) is 0 Å². The minimum atomic E-state index is -0.0106. The molecular formula is C23H25N3O4S. The minimum Gasteiger partial charge on any atom is -0.497 e. The average molecular weight is 440 g/mol. The van der Waals surface area contributed by atoms with Gasteiger partial charge in [-0.25, -0.2) is 9.99 Å². The summed E-state index contributed by atoms with van der Waals surface area (Å²) in [4.78, 5) is 4.86. The van der Waals surface area contributed by atoms with Crippen LogP contribution in [-0.2, 0) is 0 Å². The van der Waals surface area contributed by atoms with Gasteiger partial charge in [-0.1, -0.05) is 0 Å². The Morgan fingerprint density at radius 1 is 0.935 bits per heavy atom. The molecule has 1 atom stereocenters. The number of thiazole rings is 1. The van der Waals surface area contributed by atoms with E-state index in [9.17, 15) is 0 Å². The third-order valence-corrected chi connectivity index (χ3v) is 6.04. The van der Waals surface area contributed by atoms with Gasteiger partial charge in [0.05, 0.1) is 40.2 Å². The molecular weight excluding hydrogens is 414 g/mol. The van der Waals surface area contributed by atoms with Crippen molar-refractivity contribution in [2.45, 2.75) is 19.4 Å². The summed E-state index contributed by atoms with van der Waals surface area (Å²) < 4.78 is 21.8. The molecule has 1 aliphatic heterocycles. The molecule has 0 amide bonds. The number of anilines is 1. The number of aromatic nitrogens is 1. The summed E-state index contributed by atoms with van der Waals surface area (Å²) in [6, 6.07) is 11.8. The molecule has 7 nitrogen and oxygen atoms in total. The molecule has 0 spiro atoms. The Morgan fingerprint density at radius 3 is 2.19 bits per heavy atom. The van der Waals surface area contributed by atoms with Crippen molar-refractivity contribution in [1.29, 1.82) is 0 Å². The summed E-state index contributed by atoms with van der Waals surface area (Å²) in [7, 11) is 6.51. The molecule has 2 heterocycles. The summed E-state index contributed by atoms with van der Waals surface area (Å²) in [5, 5.41) is 9.63. The third-order valence-electron chi connectivity index (χ3n) is 5.21. The molecule has 1 unspecified atom stereocenters. The highest BCUT2D eigenvalue weighted by Crippen LogP contribution is 2.44. The van der Waals surface area contributed by atoms with Crippen LogP contribution in [0.2, 0.25) is 0 Å². The molecule has 0 bridgehead atoms. The number of benzene rings is 2. The molecule has 0 saturated carbocycles. The van der Waals surface area contributed by atoms with Gasteiger partial charge in [0, 0.05) is 23.1 Å². The van der Waals surface area contributed by atoms with Crippen LogP contribution in [-0.4, -0.2) is 39.1 Å². The Kier molecular flexibility index (Phi) is 5.99. The van der Waals surface area contributed by atoms with Crippen LogP contribution in [0, 0.1) is 0 Å². The van der Waals surface area contributed by atoms with Gasteiger partial charge in [-0.3, -0.25) is 0 Å². The summed E-state index contributed by atoms with van der Waals surface area (Å²) >= 11 is 1.57. The van der Waals surface area contributed by atoms with Crippen molar-refractivity contribution in [2.75, 3.05) is 33.4 Å². The van der Waals surface area contributed by atoms with Crippen molar-refractivity contribution in [3.05, 3.63) is 47.3 Å². The highest BCUT2D eigenvalue weighted by atomic mass is 32.1. The van der Waals surface area contributed by atoms with Crippen LogP contribution < -0.4 is 24.0 Å². The van der Waals surface area contributed by atoms with Gasteiger partial charge in [-0.05, 0) is 48.9 Å². The lowest BCUT2D eigenvalue weighted by Gasteiger charge is -2.23. The number of hydrogen-bond donors (Lipinski definition) is 0. The third kappa shape index (κ3) is 4.03. The first kappa shape index (κ1) is 21.0. The predicted octanol–water partition coefficient (Wildman–Crippen LogP) is 5.17. The standard InChI is InChI=1S/C23H25N3O4S/c1-14-10-19(16-11-20(28-3)22(30-5)21(12-16)29-4)26(25-14)23-24-18(13-31-23)15-6-8-17(27-2)9-7-15/h6-9,11-13,19H,10H2,1-5H3. The van der Waals surface area contributed by atoms with E-state index in [1.165, 1.54) is 0 Å². The number of hydrogen-bond acceptors (Lipinski definition) is 8. The Labute approximate surface area is 185 Å². The fourth-order valence-electron chi connectivity index (χ4n) is 3.65. The van der Waals surface area contributed by atoms with E-state index >= 15 is 0 Å². The summed E-state index contributed by atoms with van der Waals surface area (Å²) in [6.45, 7) is 2.03. The van der Waals surface area contributed by atoms with E-state index in [2.05, 4.69) is 0 Å². The second-order valence-electron chi connectivity index (χ2n) is 7.10. The minimum absolute atomic E-state index is 0.0106. The topological polar surface area (TPSA) is 65.4 Å². The van der Waals surface area contributed by atoms with Crippen molar-refractivity contribution in [1.82, 2.24) is 4.98 Å². The Balaban J connectivity index is 1.68. The molecule has 0 fully saturated rings. The van der Waals surface area contributed by atoms with Crippen molar-refractivity contribution in [2.24, 2.45) is 5.10 Å². The molecule has 4 rings (SSSR count). The lowest BCUT2D eigenvalue weighted by Crippen LogP contribution is -2.18. The van der Waals surface area contributed by atoms with Gasteiger partial charge in [0.2, 0.25) is 10.9 Å². The van der Waals surface area contributed by atoms with Crippen molar-refractivity contribution >= 4 is 22.2 Å². The Hall–Kier alpha value is -3.26. The zero-order chi connectivity index (χ0) is 22.0. The molecule has 0 aliphatic carbocycles. The molecule has 31 heavy (non-hydrogen) atoms. The van der Waals surface area contributed by atoms with Gasteiger partial charge >= 0.3 is 0 Å². The van der Waals surface area contributed by atoms with Gasteiger partial charge in [0.1, 0.15) is 5.75 Å². The first-order valence-corrected chi connectivity index (χ1v) is 10.7. The van der Waals surface area contributed by atoms with Gasteiger partial charge in [-0.2, -0.15) is 5.10 Å². The van der Waals surface area contributed by atoms with E-state index in [4.69, 9.17) is 29.0 Å². The predicted molar refractivity (Wildman–Crippen MR) is 123 cm³/mol. The molecule has 0 saturated heterocycles. The average Bonchev–Trinajstić information content (AvgIpc) is 3.45. The number of rotatable bonds is 7. The first-order valence-electron chi connectivity index (χ1n) is 9.81. The quantitative estimate of drug-likeness (QED) is 0.506. The van der Waals surface area contributed by atoms with Gasteiger partial charge in [0.25, 0.3) is 0 Å². The molecule has 162 valence electrons. The molecule has 0 radical (unpaired) electrons. The Bertz CT molecular complexity index is 1070. The summed E-state index contributed by atoms with van der Waals surface area (Å²) in [5.41, 5.74) is 4.01. The monoisotopic (exact) mass is 439 g/mol. The van der Waals surface area contributed by atoms with Crippen LogP contribution in [0.3, 0.4) is 0 Å². The largest absolute Gasteiger partial charge is 0.497 e. The van der Waals surface area contributed by atoms with Crippen molar-refractivity contribution < 1.29 is 18.9 Å². The number of nitrogens with zero attached hydrogens (tertiary/aromatic N) is 3. The van der Waals surface area contributed by atoms with Crippen LogP contribution in [0.5, 0.6) is 23.0 Å². The van der Waals surface area contributed by atoms with Gasteiger partial charge in [0.15, 0.2) is 11.5 Å². The highest BCUT2D eigenvalue weighted by molar-refractivity contribution is 7.14. The van der Waals surface area contributed by atoms with E-state index in [-0.39, 0.29) is 6.04 Å². The fraction of sp³-hybridized carbons (Fsp3) is 0.304. The van der Waals surface area contributed by atoms with Crippen LogP contribution in [0.15, 0.2) is 46.9 Å². The number of ether oxygens (including phenoxy) is 4. The molecule has 1 aromatic heterocycles. The maximum absolute atomic E-state index is 5.54. The fourth-order valence-corrected chi connectivity index (χ4v) is 4.49. The smallest absolute Gasteiger partial charge is 0.207 e. The van der Waals surface area contributed by atoms with E-state index in [0.717, 1.165) is 39.8 Å². The van der Waals surface area contributed by atoms with E-state index in [1.54, 1.807) is 39.8 Å². The first-order chi connectivity index (χ1) is 15.1. The molecule has 3 aromatic rings. The van der Waals surface area contributed by atoms with Gasteiger partial charge in [-0.15, -0.1) is 11.3 Å². The van der Waals surface area contributed by atoms with Crippen molar-refractivity contribution in [3.8, 4) is 34.3 Å². The highest BCUT2D eigenvalue weighted by Gasteiger charge is 2.31. The molecule has 2 aromatic carbocycles. The second-order valence-corrected chi connectivity index (χ2v) is 7.94. The second kappa shape index (κ2) is 8.85. The summed E-state index contributed by atoms with van der Waals surface area (Å²) in [6.07, 6.45) is 0.788. The normalized spacial score (nSPS) is 15.6. The Morgan fingerprint density at radius 2 is 1.61 bits per heavy atom. The van der Waals surface area contributed by atoms with Crippen LogP contribution in [0.1, 0.15) is 24.9 Å². The zero-order valence-electron chi connectivity index (χ0n) is 18.2. The number of methoxy groups -OCH3 is 4. The van der Waals surface area contributed by atoms with Crippen LogP contribution >= 0.6 is 11.3 Å². The van der Waals surface area contributed by atoms with E-state index < -0.39 is 0 Å². The zero-order valence-corrected chi connectivity index (χ0v) is 19.0. The summed E-state index contributed by atoms with van der Waals surface area (Å²) in [5.74, 6) is 2.65. The molecule has 8 heteroatoms. The molecule has 1 aliphatic rings. The molecule has 0 N–H and O–H groups in total.